The number of anilines is 1. The highest BCUT2D eigenvalue weighted by Gasteiger charge is 2.33. The highest BCUT2D eigenvalue weighted by Crippen LogP contribution is 2.39. The number of halogens is 3. The van der Waals surface area contributed by atoms with Gasteiger partial charge in [-0.25, -0.2) is 4.79 Å². The van der Waals surface area contributed by atoms with E-state index in [1.54, 1.807) is 16.7 Å². The Balaban J connectivity index is 1.75. The lowest BCUT2D eigenvalue weighted by Crippen LogP contribution is -2.34. The molecule has 2 amide bonds. The molecule has 7 heteroatoms. The molecule has 0 bridgehead atoms. The number of carbonyl (C=O) groups is 1. The fraction of sp³-hybridized carbons (Fsp3) is 0.316. The van der Waals surface area contributed by atoms with Crippen molar-refractivity contribution in [2.24, 2.45) is 0 Å². The summed E-state index contributed by atoms with van der Waals surface area (Å²) in [5.74, 6) is 0.742. The van der Waals surface area contributed by atoms with E-state index in [4.69, 9.17) is 0 Å². The van der Waals surface area contributed by atoms with Crippen LogP contribution >= 0.6 is 11.8 Å². The lowest BCUT2D eigenvalue weighted by Gasteiger charge is -2.25. The highest BCUT2D eigenvalue weighted by atomic mass is 32.2. The molecule has 26 heavy (non-hydrogen) atoms. The number of alkyl halides is 3. The molecule has 0 spiro atoms. The second-order valence-electron chi connectivity index (χ2n) is 6.27. The first-order chi connectivity index (χ1) is 12.3. The fourth-order valence-electron chi connectivity index (χ4n) is 2.81. The largest absolute Gasteiger partial charge is 0.416 e. The summed E-state index contributed by atoms with van der Waals surface area (Å²) in [5.41, 5.74) is 2.94. The number of benzene rings is 2. The molecule has 2 aromatic rings. The highest BCUT2D eigenvalue weighted by molar-refractivity contribution is 7.99. The van der Waals surface area contributed by atoms with Crippen LogP contribution in [0.2, 0.25) is 0 Å². The molecule has 1 fully saturated rings. The topological polar surface area (TPSA) is 32.3 Å². The molecule has 0 unspecified atom stereocenters. The molecule has 1 aliphatic rings. The number of rotatable bonds is 2. The number of thioether (sulfide) groups is 1. The van der Waals surface area contributed by atoms with Crippen LogP contribution in [-0.2, 0) is 6.18 Å². The Labute approximate surface area is 154 Å². The summed E-state index contributed by atoms with van der Waals surface area (Å²) in [6.07, 6.45) is -4.36. The van der Waals surface area contributed by atoms with Crippen molar-refractivity contribution in [2.75, 3.05) is 17.6 Å². The smallest absolute Gasteiger partial charge is 0.308 e. The minimum Gasteiger partial charge on any atom is -0.308 e. The van der Waals surface area contributed by atoms with Crippen LogP contribution in [0, 0.1) is 13.8 Å². The van der Waals surface area contributed by atoms with Crippen molar-refractivity contribution in [1.82, 2.24) is 4.90 Å². The Kier molecular flexibility index (Phi) is 5.18. The molecule has 1 aliphatic heterocycles. The van der Waals surface area contributed by atoms with Crippen molar-refractivity contribution in [3.8, 4) is 0 Å². The molecule has 1 heterocycles. The van der Waals surface area contributed by atoms with Crippen LogP contribution in [0.25, 0.3) is 0 Å². The molecule has 2 aromatic carbocycles. The summed E-state index contributed by atoms with van der Waals surface area (Å²) >= 11 is 1.55. The van der Waals surface area contributed by atoms with Crippen LogP contribution in [0.15, 0.2) is 42.5 Å². The summed E-state index contributed by atoms with van der Waals surface area (Å²) in [7, 11) is 0. The zero-order chi connectivity index (χ0) is 18.9. The predicted octanol–water partition coefficient (Wildman–Crippen LogP) is 5.60. The lowest BCUT2D eigenvalue weighted by molar-refractivity contribution is -0.137. The van der Waals surface area contributed by atoms with Crippen LogP contribution in [-0.4, -0.2) is 23.2 Å². The molecule has 0 aromatic heterocycles. The number of aryl methyl sites for hydroxylation is 2. The second-order valence-corrected chi connectivity index (χ2v) is 7.45. The van der Waals surface area contributed by atoms with Gasteiger partial charge in [0.15, 0.2) is 0 Å². The van der Waals surface area contributed by atoms with Crippen molar-refractivity contribution in [2.45, 2.75) is 25.4 Å². The molecular weight excluding hydrogens is 361 g/mol. The van der Waals surface area contributed by atoms with Crippen LogP contribution in [0.3, 0.4) is 0 Å². The molecule has 1 saturated heterocycles. The first-order valence-corrected chi connectivity index (χ1v) is 9.24. The van der Waals surface area contributed by atoms with Gasteiger partial charge in [0.2, 0.25) is 0 Å². The summed E-state index contributed by atoms with van der Waals surface area (Å²) in [4.78, 5) is 14.3. The molecule has 1 N–H and O–H groups in total. The third kappa shape index (κ3) is 3.98. The predicted molar refractivity (Wildman–Crippen MR) is 98.3 cm³/mol. The number of urea groups is 1. The number of nitrogens with zero attached hydrogens (tertiary/aromatic N) is 1. The summed E-state index contributed by atoms with van der Waals surface area (Å²) in [6, 6.07) is 10.5. The first kappa shape index (κ1) is 18.6. The van der Waals surface area contributed by atoms with Gasteiger partial charge in [-0.3, -0.25) is 0 Å². The van der Waals surface area contributed by atoms with E-state index in [-0.39, 0.29) is 11.4 Å². The molecule has 0 saturated carbocycles. The van der Waals surface area contributed by atoms with Crippen molar-refractivity contribution in [3.63, 3.8) is 0 Å². The van der Waals surface area contributed by atoms with Crippen molar-refractivity contribution in [1.29, 1.82) is 0 Å². The standard InChI is InChI=1S/C19H19F3N2OS/c1-12-3-8-16(11-13(12)2)23-18(25)24-9-10-26-17(24)14-4-6-15(7-5-14)19(20,21)22/h3-8,11,17H,9-10H2,1-2H3,(H,23,25)/t17-/m0/s1. The van der Waals surface area contributed by atoms with Crippen molar-refractivity contribution < 1.29 is 18.0 Å². The van der Waals surface area contributed by atoms with E-state index < -0.39 is 11.7 Å². The van der Waals surface area contributed by atoms with Gasteiger partial charge >= 0.3 is 12.2 Å². The van der Waals surface area contributed by atoms with Crippen molar-refractivity contribution >= 4 is 23.5 Å². The molecule has 1 atom stereocenters. The van der Waals surface area contributed by atoms with Gasteiger partial charge in [-0.2, -0.15) is 13.2 Å². The van der Waals surface area contributed by atoms with Gasteiger partial charge in [0.1, 0.15) is 5.37 Å². The third-order valence-corrected chi connectivity index (χ3v) is 5.69. The van der Waals surface area contributed by atoms with E-state index in [0.717, 1.165) is 29.0 Å². The lowest BCUT2D eigenvalue weighted by atomic mass is 10.1. The quantitative estimate of drug-likeness (QED) is 0.735. The van der Waals surface area contributed by atoms with E-state index in [0.29, 0.717) is 17.8 Å². The maximum atomic E-state index is 12.7. The monoisotopic (exact) mass is 380 g/mol. The molecule has 0 aliphatic carbocycles. The van der Waals surface area contributed by atoms with E-state index in [2.05, 4.69) is 5.32 Å². The van der Waals surface area contributed by atoms with Gasteiger partial charge < -0.3 is 10.2 Å². The average Bonchev–Trinajstić information content (AvgIpc) is 3.07. The number of amides is 2. The maximum Gasteiger partial charge on any atom is 0.416 e. The zero-order valence-corrected chi connectivity index (χ0v) is 15.2. The van der Waals surface area contributed by atoms with Crippen LogP contribution in [0.4, 0.5) is 23.7 Å². The normalized spacial score (nSPS) is 17.4. The zero-order valence-electron chi connectivity index (χ0n) is 14.4. The third-order valence-electron chi connectivity index (χ3n) is 4.43. The van der Waals surface area contributed by atoms with Crippen LogP contribution < -0.4 is 5.32 Å². The molecule has 3 rings (SSSR count). The van der Waals surface area contributed by atoms with Gasteiger partial charge in [0.25, 0.3) is 0 Å². The van der Waals surface area contributed by atoms with Gasteiger partial charge in [-0.15, -0.1) is 11.8 Å². The van der Waals surface area contributed by atoms with Crippen molar-refractivity contribution in [3.05, 3.63) is 64.7 Å². The number of carbonyl (C=O) groups excluding carboxylic acids is 1. The van der Waals surface area contributed by atoms with E-state index >= 15 is 0 Å². The van der Waals surface area contributed by atoms with Gasteiger partial charge in [-0.05, 0) is 54.8 Å². The number of nitrogens with one attached hydrogen (secondary N) is 1. The Hall–Kier alpha value is -2.15. The second kappa shape index (κ2) is 7.23. The number of hydrogen-bond acceptors (Lipinski definition) is 2. The van der Waals surface area contributed by atoms with E-state index in [1.807, 2.05) is 32.0 Å². The summed E-state index contributed by atoms with van der Waals surface area (Å²) in [5, 5.41) is 2.59. The Morgan fingerprint density at radius 1 is 1.12 bits per heavy atom. The summed E-state index contributed by atoms with van der Waals surface area (Å²) < 4.78 is 38.2. The fourth-order valence-corrected chi connectivity index (χ4v) is 4.06. The maximum absolute atomic E-state index is 12.7. The van der Waals surface area contributed by atoms with Gasteiger partial charge in [0, 0.05) is 18.0 Å². The van der Waals surface area contributed by atoms with Crippen LogP contribution in [0.1, 0.15) is 27.6 Å². The molecule has 138 valence electrons. The van der Waals surface area contributed by atoms with Gasteiger partial charge in [-0.1, -0.05) is 18.2 Å². The Bertz CT molecular complexity index is 805. The van der Waals surface area contributed by atoms with E-state index in [1.165, 1.54) is 12.1 Å². The molecule has 0 radical (unpaired) electrons. The summed E-state index contributed by atoms with van der Waals surface area (Å²) in [6.45, 7) is 4.52. The SMILES string of the molecule is Cc1ccc(NC(=O)N2CCS[C@H]2c2ccc(C(F)(F)F)cc2)cc1C. The number of hydrogen-bond donors (Lipinski definition) is 1. The minimum atomic E-state index is -4.36. The van der Waals surface area contributed by atoms with Gasteiger partial charge in [0.05, 0.1) is 5.56 Å². The average molecular weight is 380 g/mol. The van der Waals surface area contributed by atoms with E-state index in [9.17, 15) is 18.0 Å². The molecule has 3 nitrogen and oxygen atoms in total. The Morgan fingerprint density at radius 3 is 2.42 bits per heavy atom. The first-order valence-electron chi connectivity index (χ1n) is 8.19. The Morgan fingerprint density at radius 2 is 1.81 bits per heavy atom. The van der Waals surface area contributed by atoms with Crippen LogP contribution in [0.5, 0.6) is 0 Å². The molecular formula is C19H19F3N2OS. The minimum absolute atomic E-state index is 0.247.